The van der Waals surface area contributed by atoms with Gasteiger partial charge in [0.25, 0.3) is 0 Å². The van der Waals surface area contributed by atoms with Crippen LogP contribution in [-0.2, 0) is 9.59 Å². The first kappa shape index (κ1) is 25.2. The number of aryl methyl sites for hydroxylation is 1. The van der Waals surface area contributed by atoms with E-state index < -0.39 is 11.3 Å². The van der Waals surface area contributed by atoms with Gasteiger partial charge in [-0.05, 0) is 55.2 Å². The number of pyridine rings is 1. The molecule has 3 aromatic rings. The predicted molar refractivity (Wildman–Crippen MR) is 152 cm³/mol. The average Bonchev–Trinajstić information content (AvgIpc) is 3.32. The fourth-order valence-electron chi connectivity index (χ4n) is 5.64. The van der Waals surface area contributed by atoms with E-state index in [4.69, 9.17) is 0 Å². The zero-order valence-electron chi connectivity index (χ0n) is 21.6. The minimum absolute atomic E-state index is 0.128. The summed E-state index contributed by atoms with van der Waals surface area (Å²) >= 11 is 1.37. The van der Waals surface area contributed by atoms with E-state index in [0.29, 0.717) is 13.1 Å². The molecule has 39 heavy (non-hydrogen) atoms. The van der Waals surface area contributed by atoms with Gasteiger partial charge < -0.3 is 15.5 Å². The summed E-state index contributed by atoms with van der Waals surface area (Å²) in [5, 5.41) is 6.39. The quantitative estimate of drug-likeness (QED) is 0.458. The number of carbonyl (C=O) groups is 3. The fourth-order valence-corrected chi connectivity index (χ4v) is 6.87. The summed E-state index contributed by atoms with van der Waals surface area (Å²) in [7, 11) is 0. The van der Waals surface area contributed by atoms with Crippen molar-refractivity contribution < 1.29 is 14.4 Å². The van der Waals surface area contributed by atoms with Gasteiger partial charge in [-0.3, -0.25) is 14.5 Å². The number of benzene rings is 2. The van der Waals surface area contributed by atoms with Crippen LogP contribution in [0.4, 0.5) is 16.2 Å². The summed E-state index contributed by atoms with van der Waals surface area (Å²) in [6.45, 7) is 6.74. The molecule has 1 fully saturated rings. The molecule has 3 aliphatic rings. The average molecular weight is 540 g/mol. The van der Waals surface area contributed by atoms with Crippen molar-refractivity contribution in [2.75, 3.05) is 18.0 Å². The minimum atomic E-state index is -0.552. The zero-order valence-corrected chi connectivity index (χ0v) is 22.4. The maximum Gasteiger partial charge on any atom is 0.327 e. The number of thioether (sulfide) groups is 1. The summed E-state index contributed by atoms with van der Waals surface area (Å²) in [4.78, 5) is 47.0. The zero-order chi connectivity index (χ0) is 27.1. The molecule has 0 saturated carbocycles. The lowest BCUT2D eigenvalue weighted by Crippen LogP contribution is -2.53. The summed E-state index contributed by atoms with van der Waals surface area (Å²) in [5.74, 6) is -0.293. The number of likely N-dealkylation sites (tertiary alicyclic amines) is 1. The van der Waals surface area contributed by atoms with Crippen molar-refractivity contribution >= 4 is 41.0 Å². The number of nitrogens with one attached hydrogen (secondary N) is 2. The van der Waals surface area contributed by atoms with E-state index >= 15 is 0 Å². The fraction of sp³-hybridized carbons (Fsp3) is 0.267. The highest BCUT2D eigenvalue weighted by molar-refractivity contribution is 8.01. The van der Waals surface area contributed by atoms with Crippen molar-refractivity contribution in [3.63, 3.8) is 0 Å². The van der Waals surface area contributed by atoms with Gasteiger partial charge in [-0.15, -0.1) is 0 Å². The molecule has 4 heterocycles. The van der Waals surface area contributed by atoms with Crippen molar-refractivity contribution in [3.05, 3.63) is 84.6 Å². The van der Waals surface area contributed by atoms with Gasteiger partial charge in [0.05, 0.1) is 17.4 Å². The molecule has 1 aromatic heterocycles. The standard InChI is InChI=1S/C30H29N5O3S/c1-3-24(36)34-14-6-10-21(17-34)32-28(37)27-26-25-23(12-13-31-29(25)39-27)35(30(38)33-26)22-11-5-9-20(16-22)19-8-4-7-18(2)15-19/h3-5,7-9,11-13,15-16,21,26-27H,1,6,10,14,17H2,2H3,(H,32,37)(H,33,38)/t21?,26?,27-/m1/s1. The van der Waals surface area contributed by atoms with Crippen LogP contribution in [0.15, 0.2) is 78.5 Å². The lowest BCUT2D eigenvalue weighted by atomic mass is 9.98. The van der Waals surface area contributed by atoms with E-state index in [1.54, 1.807) is 16.0 Å². The summed E-state index contributed by atoms with van der Waals surface area (Å²) in [6, 6.07) is 17.1. The normalized spacial score (nSPS) is 21.7. The number of hydrogen-bond acceptors (Lipinski definition) is 5. The molecule has 0 aliphatic carbocycles. The van der Waals surface area contributed by atoms with Crippen molar-refractivity contribution in [1.29, 1.82) is 0 Å². The van der Waals surface area contributed by atoms with Crippen LogP contribution in [0.2, 0.25) is 0 Å². The van der Waals surface area contributed by atoms with Gasteiger partial charge >= 0.3 is 6.03 Å². The molecule has 0 spiro atoms. The molecule has 2 aromatic carbocycles. The summed E-state index contributed by atoms with van der Waals surface area (Å²) < 4.78 is 0. The molecule has 2 unspecified atom stereocenters. The van der Waals surface area contributed by atoms with E-state index in [1.165, 1.54) is 17.8 Å². The largest absolute Gasteiger partial charge is 0.351 e. The van der Waals surface area contributed by atoms with Crippen LogP contribution in [0.1, 0.15) is 30.0 Å². The Morgan fingerprint density at radius 2 is 1.95 bits per heavy atom. The second-order valence-electron chi connectivity index (χ2n) is 10.1. The molecule has 8 nitrogen and oxygen atoms in total. The Bertz CT molecular complexity index is 1490. The number of urea groups is 1. The first-order valence-corrected chi connectivity index (χ1v) is 14.0. The smallest absolute Gasteiger partial charge is 0.327 e. The van der Waals surface area contributed by atoms with Gasteiger partial charge in [0.15, 0.2) is 0 Å². The summed E-state index contributed by atoms with van der Waals surface area (Å²) in [5.41, 5.74) is 5.59. The lowest BCUT2D eigenvalue weighted by Gasteiger charge is -2.35. The maximum atomic E-state index is 13.6. The van der Waals surface area contributed by atoms with Crippen LogP contribution < -0.4 is 15.5 Å². The molecule has 9 heteroatoms. The van der Waals surface area contributed by atoms with E-state index in [0.717, 1.165) is 51.5 Å². The third kappa shape index (κ3) is 4.67. The van der Waals surface area contributed by atoms with Crippen molar-refractivity contribution in [2.24, 2.45) is 0 Å². The highest BCUT2D eigenvalue weighted by Crippen LogP contribution is 2.50. The predicted octanol–water partition coefficient (Wildman–Crippen LogP) is 4.73. The molecule has 0 radical (unpaired) electrons. The van der Waals surface area contributed by atoms with Crippen LogP contribution in [0.25, 0.3) is 11.1 Å². The Morgan fingerprint density at radius 3 is 2.74 bits per heavy atom. The van der Waals surface area contributed by atoms with E-state index in [-0.39, 0.29) is 23.9 Å². The van der Waals surface area contributed by atoms with E-state index in [1.807, 2.05) is 36.4 Å². The van der Waals surface area contributed by atoms with Gasteiger partial charge in [0.1, 0.15) is 10.3 Å². The van der Waals surface area contributed by atoms with Crippen LogP contribution in [0.5, 0.6) is 0 Å². The molecule has 4 amide bonds. The number of carbonyl (C=O) groups excluding carboxylic acids is 3. The second-order valence-corrected chi connectivity index (χ2v) is 11.2. The Labute approximate surface area is 231 Å². The van der Waals surface area contributed by atoms with E-state index in [2.05, 4.69) is 47.3 Å². The number of piperidine rings is 1. The molecule has 6 rings (SSSR count). The first-order valence-electron chi connectivity index (χ1n) is 13.1. The topological polar surface area (TPSA) is 94.6 Å². The van der Waals surface area contributed by atoms with Gasteiger partial charge in [0.2, 0.25) is 11.8 Å². The van der Waals surface area contributed by atoms with Crippen LogP contribution >= 0.6 is 11.8 Å². The van der Waals surface area contributed by atoms with Gasteiger partial charge in [0, 0.05) is 30.9 Å². The Hall–Kier alpha value is -4.11. The molecule has 198 valence electrons. The Morgan fingerprint density at radius 1 is 1.15 bits per heavy atom. The highest BCUT2D eigenvalue weighted by atomic mass is 32.2. The molecular formula is C30H29N5O3S. The maximum absolute atomic E-state index is 13.6. The molecule has 0 bridgehead atoms. The molecular weight excluding hydrogens is 510 g/mol. The monoisotopic (exact) mass is 539 g/mol. The number of rotatable bonds is 5. The molecule has 3 atom stereocenters. The van der Waals surface area contributed by atoms with Crippen LogP contribution in [-0.4, -0.2) is 52.1 Å². The van der Waals surface area contributed by atoms with E-state index in [9.17, 15) is 14.4 Å². The third-order valence-corrected chi connectivity index (χ3v) is 8.76. The van der Waals surface area contributed by atoms with Crippen molar-refractivity contribution in [3.8, 4) is 11.1 Å². The van der Waals surface area contributed by atoms with Gasteiger partial charge in [-0.1, -0.05) is 60.3 Å². The summed E-state index contributed by atoms with van der Waals surface area (Å²) in [6.07, 6.45) is 4.60. The second kappa shape index (κ2) is 10.2. The van der Waals surface area contributed by atoms with Crippen LogP contribution in [0.3, 0.4) is 0 Å². The SMILES string of the molecule is C=CC(=O)N1CCCC(NC(=O)[C@@H]2Sc3nccc4c3C2NC(=O)N4c2cccc(-c3cccc(C)c3)c2)C1. The molecule has 2 N–H and O–H groups in total. The minimum Gasteiger partial charge on any atom is -0.351 e. The number of aromatic nitrogens is 1. The number of nitrogens with zero attached hydrogens (tertiary/aromatic N) is 3. The van der Waals surface area contributed by atoms with Crippen molar-refractivity contribution in [2.45, 2.75) is 42.1 Å². The van der Waals surface area contributed by atoms with Crippen LogP contribution in [0, 0.1) is 6.92 Å². The molecule has 3 aliphatic heterocycles. The van der Waals surface area contributed by atoms with Gasteiger partial charge in [-0.2, -0.15) is 0 Å². The molecule has 1 saturated heterocycles. The Kier molecular flexibility index (Phi) is 6.60. The first-order chi connectivity index (χ1) is 18.9. The number of anilines is 2. The van der Waals surface area contributed by atoms with Gasteiger partial charge in [-0.25, -0.2) is 9.78 Å². The Balaban J connectivity index is 1.26. The number of hydrogen-bond donors (Lipinski definition) is 2. The third-order valence-electron chi connectivity index (χ3n) is 7.47. The number of amides is 4. The lowest BCUT2D eigenvalue weighted by molar-refractivity contribution is -0.129. The van der Waals surface area contributed by atoms with Crippen molar-refractivity contribution in [1.82, 2.24) is 20.5 Å². The highest BCUT2D eigenvalue weighted by Gasteiger charge is 2.47.